The summed E-state index contributed by atoms with van der Waals surface area (Å²) in [6.45, 7) is -1.26. The fraction of sp³-hybridized carbons (Fsp3) is 1.00. The van der Waals surface area contributed by atoms with Gasteiger partial charge in [0, 0.05) is 0 Å². The van der Waals surface area contributed by atoms with E-state index in [1.54, 1.807) is 0 Å². The fourth-order valence-electron chi connectivity index (χ4n) is 1.83. The van der Waals surface area contributed by atoms with Gasteiger partial charge >= 0.3 is 6.18 Å². The highest BCUT2D eigenvalue weighted by molar-refractivity contribution is 4.72. The summed E-state index contributed by atoms with van der Waals surface area (Å²) in [7, 11) is 0. The van der Waals surface area contributed by atoms with Crippen molar-refractivity contribution < 1.29 is 23.0 Å². The minimum atomic E-state index is -4.30. The first-order valence-electron chi connectivity index (χ1n) is 5.35. The number of halogens is 3. The first-order valence-corrected chi connectivity index (χ1v) is 5.35. The molecule has 0 bridgehead atoms. The van der Waals surface area contributed by atoms with E-state index < -0.39 is 25.0 Å². The molecule has 1 saturated carbocycles. The predicted octanol–water partition coefficient (Wildman–Crippen LogP) is 2.65. The molecule has 0 aromatic rings. The van der Waals surface area contributed by atoms with Crippen molar-refractivity contribution >= 4 is 0 Å². The van der Waals surface area contributed by atoms with Crippen molar-refractivity contribution in [3.05, 3.63) is 0 Å². The number of ether oxygens (including phenoxy) is 1. The van der Waals surface area contributed by atoms with Gasteiger partial charge in [0.2, 0.25) is 0 Å². The molecule has 90 valence electrons. The lowest BCUT2D eigenvalue weighted by molar-refractivity contribution is -0.196. The van der Waals surface area contributed by atoms with E-state index in [0.717, 1.165) is 25.7 Å². The van der Waals surface area contributed by atoms with Gasteiger partial charge in [-0.05, 0) is 12.8 Å². The Kier molecular flexibility index (Phi) is 4.86. The molecular formula is C10H17F3O2. The van der Waals surface area contributed by atoms with E-state index in [0.29, 0.717) is 12.8 Å². The Balaban J connectivity index is 2.35. The largest absolute Gasteiger partial charge is 0.411 e. The lowest BCUT2D eigenvalue weighted by Crippen LogP contribution is -2.33. The summed E-state index contributed by atoms with van der Waals surface area (Å²) in [4.78, 5) is 0. The Morgan fingerprint density at radius 2 is 1.67 bits per heavy atom. The standard InChI is InChI=1S/C10H17F3O2/c11-10(12,13)7-15-9-6-4-2-1-3-5-8(9)14/h8-9,14H,1-7H2. The molecule has 2 unspecified atom stereocenters. The van der Waals surface area contributed by atoms with Crippen molar-refractivity contribution in [3.8, 4) is 0 Å². The minimum Gasteiger partial charge on any atom is -0.390 e. The third-order valence-electron chi connectivity index (χ3n) is 2.63. The Hall–Kier alpha value is -0.290. The molecule has 0 saturated heterocycles. The van der Waals surface area contributed by atoms with Crippen LogP contribution in [-0.2, 0) is 4.74 Å². The monoisotopic (exact) mass is 226 g/mol. The van der Waals surface area contributed by atoms with Crippen molar-refractivity contribution in [2.45, 2.75) is 56.9 Å². The van der Waals surface area contributed by atoms with Crippen molar-refractivity contribution in [2.24, 2.45) is 0 Å². The molecule has 0 radical (unpaired) electrons. The molecule has 5 heteroatoms. The van der Waals surface area contributed by atoms with E-state index in [2.05, 4.69) is 0 Å². The summed E-state index contributed by atoms with van der Waals surface area (Å²) in [6, 6.07) is 0. The summed E-state index contributed by atoms with van der Waals surface area (Å²) in [5.41, 5.74) is 0. The molecule has 0 amide bonds. The lowest BCUT2D eigenvalue weighted by Gasteiger charge is -2.25. The van der Waals surface area contributed by atoms with E-state index in [1.165, 1.54) is 0 Å². The van der Waals surface area contributed by atoms with Gasteiger partial charge in [-0.3, -0.25) is 0 Å². The Labute approximate surface area is 87.4 Å². The highest BCUT2D eigenvalue weighted by atomic mass is 19.4. The van der Waals surface area contributed by atoms with Crippen LogP contribution in [0.15, 0.2) is 0 Å². The summed E-state index contributed by atoms with van der Waals surface area (Å²) in [6.07, 6.45) is -0.865. The van der Waals surface area contributed by atoms with Gasteiger partial charge in [-0.2, -0.15) is 13.2 Å². The average molecular weight is 226 g/mol. The zero-order valence-electron chi connectivity index (χ0n) is 8.59. The van der Waals surface area contributed by atoms with Gasteiger partial charge in [0.25, 0.3) is 0 Å². The van der Waals surface area contributed by atoms with Crippen LogP contribution in [0.2, 0.25) is 0 Å². The Morgan fingerprint density at radius 3 is 2.27 bits per heavy atom. The van der Waals surface area contributed by atoms with Crippen molar-refractivity contribution in [3.63, 3.8) is 0 Å². The van der Waals surface area contributed by atoms with Crippen molar-refractivity contribution in [2.75, 3.05) is 6.61 Å². The highest BCUT2D eigenvalue weighted by Gasteiger charge is 2.31. The second kappa shape index (κ2) is 5.70. The number of hydrogen-bond acceptors (Lipinski definition) is 2. The molecule has 1 rings (SSSR count). The molecule has 1 N–H and O–H groups in total. The average Bonchev–Trinajstić information content (AvgIpc) is 2.09. The molecule has 1 aliphatic rings. The quantitative estimate of drug-likeness (QED) is 0.784. The second-order valence-corrected chi connectivity index (χ2v) is 4.02. The number of aliphatic hydroxyl groups is 1. The van der Waals surface area contributed by atoms with Gasteiger partial charge in [0.15, 0.2) is 0 Å². The number of rotatable bonds is 2. The first kappa shape index (κ1) is 12.8. The van der Waals surface area contributed by atoms with E-state index in [9.17, 15) is 18.3 Å². The number of alkyl halides is 3. The molecule has 2 atom stereocenters. The SMILES string of the molecule is OC1CCCCCCC1OCC(F)(F)F. The van der Waals surface area contributed by atoms with Crippen LogP contribution in [0.5, 0.6) is 0 Å². The van der Waals surface area contributed by atoms with Crippen LogP contribution in [0.25, 0.3) is 0 Å². The molecule has 0 heterocycles. The van der Waals surface area contributed by atoms with Gasteiger partial charge in [0.1, 0.15) is 6.61 Å². The fourth-order valence-corrected chi connectivity index (χ4v) is 1.83. The number of aliphatic hydroxyl groups excluding tert-OH is 1. The Bertz CT molecular complexity index is 182. The van der Waals surface area contributed by atoms with E-state index in [-0.39, 0.29) is 0 Å². The molecular weight excluding hydrogens is 209 g/mol. The molecule has 0 spiro atoms. The van der Waals surface area contributed by atoms with E-state index in [4.69, 9.17) is 4.74 Å². The maximum Gasteiger partial charge on any atom is 0.411 e. The molecule has 1 aliphatic carbocycles. The molecule has 0 aliphatic heterocycles. The van der Waals surface area contributed by atoms with Crippen LogP contribution in [0.1, 0.15) is 38.5 Å². The van der Waals surface area contributed by atoms with E-state index in [1.807, 2.05) is 0 Å². The minimum absolute atomic E-state index is 0.525. The smallest absolute Gasteiger partial charge is 0.390 e. The van der Waals surface area contributed by atoms with Gasteiger partial charge in [-0.15, -0.1) is 0 Å². The third kappa shape index (κ3) is 5.37. The zero-order chi connectivity index (χ0) is 11.3. The van der Waals surface area contributed by atoms with E-state index >= 15 is 0 Å². The van der Waals surface area contributed by atoms with Crippen molar-refractivity contribution in [1.29, 1.82) is 0 Å². The molecule has 2 nitrogen and oxygen atoms in total. The zero-order valence-corrected chi connectivity index (χ0v) is 8.59. The topological polar surface area (TPSA) is 29.5 Å². The van der Waals surface area contributed by atoms with Crippen LogP contribution in [0, 0.1) is 0 Å². The normalized spacial score (nSPS) is 29.6. The maximum atomic E-state index is 11.9. The third-order valence-corrected chi connectivity index (χ3v) is 2.63. The lowest BCUT2D eigenvalue weighted by atomic mass is 9.96. The van der Waals surface area contributed by atoms with Crippen molar-refractivity contribution in [1.82, 2.24) is 0 Å². The van der Waals surface area contributed by atoms with Gasteiger partial charge in [0.05, 0.1) is 12.2 Å². The predicted molar refractivity (Wildman–Crippen MR) is 49.5 cm³/mol. The molecule has 0 aromatic heterocycles. The number of hydrogen-bond donors (Lipinski definition) is 1. The molecule has 1 fully saturated rings. The van der Waals surface area contributed by atoms with Gasteiger partial charge < -0.3 is 9.84 Å². The Morgan fingerprint density at radius 1 is 1.07 bits per heavy atom. The van der Waals surface area contributed by atoms with Crippen LogP contribution in [-0.4, -0.2) is 30.1 Å². The summed E-state index contributed by atoms with van der Waals surface area (Å²) >= 11 is 0. The van der Waals surface area contributed by atoms with Crippen LogP contribution >= 0.6 is 0 Å². The highest BCUT2D eigenvalue weighted by Crippen LogP contribution is 2.23. The van der Waals surface area contributed by atoms with Gasteiger partial charge in [-0.25, -0.2) is 0 Å². The maximum absolute atomic E-state index is 11.9. The van der Waals surface area contributed by atoms with Crippen LogP contribution < -0.4 is 0 Å². The molecule has 15 heavy (non-hydrogen) atoms. The van der Waals surface area contributed by atoms with Gasteiger partial charge in [-0.1, -0.05) is 25.7 Å². The second-order valence-electron chi connectivity index (χ2n) is 4.02. The summed E-state index contributed by atoms with van der Waals surface area (Å²) < 4.78 is 40.5. The van der Waals surface area contributed by atoms with Crippen LogP contribution in [0.3, 0.4) is 0 Å². The first-order chi connectivity index (χ1) is 6.99. The summed E-state index contributed by atoms with van der Waals surface area (Å²) in [5.74, 6) is 0. The van der Waals surface area contributed by atoms with Crippen LogP contribution in [0.4, 0.5) is 13.2 Å². The summed E-state index contributed by atoms with van der Waals surface area (Å²) in [5, 5.41) is 9.58. The molecule has 0 aromatic carbocycles.